The third kappa shape index (κ3) is 5.98. The first-order valence-electron chi connectivity index (χ1n) is 11.5. The molecule has 3 N–H and O–H groups in total. The number of nitrogens with zero attached hydrogens (tertiary/aromatic N) is 2. The summed E-state index contributed by atoms with van der Waals surface area (Å²) in [5.41, 5.74) is 1.21. The van der Waals surface area contributed by atoms with Crippen molar-refractivity contribution in [1.82, 2.24) is 4.90 Å². The molecule has 0 saturated carbocycles. The van der Waals surface area contributed by atoms with Crippen molar-refractivity contribution in [2.45, 2.75) is 25.4 Å². The molecule has 182 valence electrons. The summed E-state index contributed by atoms with van der Waals surface area (Å²) in [6.07, 6.45) is 1.35. The Morgan fingerprint density at radius 2 is 1.82 bits per heavy atom. The van der Waals surface area contributed by atoms with Gasteiger partial charge in [0.25, 0.3) is 0 Å². The first-order valence-corrected chi connectivity index (χ1v) is 11.5. The number of aliphatic hydroxyl groups is 1. The lowest BCUT2D eigenvalue weighted by molar-refractivity contribution is -0.136. The number of carboxylic acid groups (broad SMARTS) is 1. The monoisotopic (exact) mass is 470 g/mol. The van der Waals surface area contributed by atoms with Crippen molar-refractivity contribution in [3.63, 3.8) is 0 Å². The van der Waals surface area contributed by atoms with Crippen molar-refractivity contribution in [1.29, 1.82) is 0 Å². The SMILES string of the molecule is O=C(O)CN1C(=O)Cc2c(OCC(O)CN3CCC(COc4ccc(O)cc4)CC3)cccc21. The fourth-order valence-electron chi connectivity index (χ4n) is 4.44. The van der Waals surface area contributed by atoms with Gasteiger partial charge in [0.05, 0.1) is 18.7 Å². The van der Waals surface area contributed by atoms with Gasteiger partial charge in [0.1, 0.15) is 36.5 Å². The van der Waals surface area contributed by atoms with Crippen molar-refractivity contribution in [3.8, 4) is 17.2 Å². The molecule has 1 amide bonds. The fraction of sp³-hybridized carbons (Fsp3) is 0.440. The molecule has 9 heteroatoms. The minimum atomic E-state index is -1.07. The first-order chi connectivity index (χ1) is 16.4. The molecule has 0 aliphatic carbocycles. The Morgan fingerprint density at radius 1 is 1.09 bits per heavy atom. The molecule has 4 rings (SSSR count). The number of aliphatic hydroxyl groups excluding tert-OH is 1. The molecule has 1 saturated heterocycles. The minimum absolute atomic E-state index is 0.0907. The largest absolute Gasteiger partial charge is 0.508 e. The molecule has 2 aromatic carbocycles. The number of aromatic hydroxyl groups is 1. The molecule has 0 bridgehead atoms. The number of hydrogen-bond acceptors (Lipinski definition) is 7. The number of carboxylic acids is 1. The van der Waals surface area contributed by atoms with Gasteiger partial charge in [-0.25, -0.2) is 0 Å². The lowest BCUT2D eigenvalue weighted by atomic mass is 9.97. The molecule has 2 aromatic rings. The van der Waals surface area contributed by atoms with Crippen LogP contribution in [0.3, 0.4) is 0 Å². The smallest absolute Gasteiger partial charge is 0.323 e. The summed E-state index contributed by atoms with van der Waals surface area (Å²) in [7, 11) is 0. The van der Waals surface area contributed by atoms with Gasteiger partial charge in [0.15, 0.2) is 0 Å². The predicted molar refractivity (Wildman–Crippen MR) is 124 cm³/mol. The molecular formula is C25H30N2O7. The van der Waals surface area contributed by atoms with Gasteiger partial charge in [-0.2, -0.15) is 0 Å². The van der Waals surface area contributed by atoms with Crippen LogP contribution in [0.1, 0.15) is 18.4 Å². The van der Waals surface area contributed by atoms with E-state index in [-0.39, 0.29) is 31.2 Å². The lowest BCUT2D eigenvalue weighted by Gasteiger charge is -2.33. The number of β-amino-alcohol motifs (C(OH)–C–C–N with tert-alkyl or cyclic N) is 1. The average Bonchev–Trinajstić information content (AvgIpc) is 3.13. The van der Waals surface area contributed by atoms with Gasteiger partial charge in [0.2, 0.25) is 5.91 Å². The molecule has 0 radical (unpaired) electrons. The quantitative estimate of drug-likeness (QED) is 0.482. The van der Waals surface area contributed by atoms with E-state index < -0.39 is 12.1 Å². The second-order valence-corrected chi connectivity index (χ2v) is 8.82. The highest BCUT2D eigenvalue weighted by Gasteiger charge is 2.31. The maximum atomic E-state index is 12.2. The van der Waals surface area contributed by atoms with Crippen LogP contribution in [-0.2, 0) is 16.0 Å². The van der Waals surface area contributed by atoms with Crippen LogP contribution in [0.25, 0.3) is 0 Å². The van der Waals surface area contributed by atoms with Crippen LogP contribution in [-0.4, -0.2) is 77.6 Å². The van der Waals surface area contributed by atoms with Crippen LogP contribution in [0.2, 0.25) is 0 Å². The molecule has 0 spiro atoms. The van der Waals surface area contributed by atoms with Crippen molar-refractivity contribution in [2.75, 3.05) is 44.3 Å². The normalized spacial score (nSPS) is 17.4. The number of piperidine rings is 1. The number of likely N-dealkylation sites (tertiary alicyclic amines) is 1. The third-order valence-electron chi connectivity index (χ3n) is 6.25. The highest BCUT2D eigenvalue weighted by Crippen LogP contribution is 2.35. The minimum Gasteiger partial charge on any atom is -0.508 e. The van der Waals surface area contributed by atoms with Crippen molar-refractivity contribution in [3.05, 3.63) is 48.0 Å². The summed E-state index contributed by atoms with van der Waals surface area (Å²) in [5.74, 6) is 0.561. The van der Waals surface area contributed by atoms with Crippen molar-refractivity contribution < 1.29 is 34.4 Å². The van der Waals surface area contributed by atoms with Gasteiger partial charge in [-0.1, -0.05) is 6.07 Å². The summed E-state index contributed by atoms with van der Waals surface area (Å²) in [6, 6.07) is 11.9. The molecule has 1 fully saturated rings. The number of aliphatic carboxylic acids is 1. The van der Waals surface area contributed by atoms with Gasteiger partial charge >= 0.3 is 5.97 Å². The Bertz CT molecular complexity index is 1000. The zero-order valence-electron chi connectivity index (χ0n) is 18.9. The Morgan fingerprint density at radius 3 is 2.53 bits per heavy atom. The van der Waals surface area contributed by atoms with Crippen LogP contribution in [0.4, 0.5) is 5.69 Å². The second kappa shape index (κ2) is 10.8. The Balaban J connectivity index is 1.21. The number of phenols is 1. The van der Waals surface area contributed by atoms with E-state index in [0.717, 1.165) is 31.7 Å². The van der Waals surface area contributed by atoms with E-state index in [1.54, 1.807) is 42.5 Å². The number of fused-ring (bicyclic) bond motifs is 1. The number of phenolic OH excluding ortho intramolecular Hbond substituents is 1. The average molecular weight is 471 g/mol. The summed E-state index contributed by atoms with van der Waals surface area (Å²) in [6.45, 7) is 2.55. The number of carbonyl (C=O) groups is 2. The maximum Gasteiger partial charge on any atom is 0.323 e. The fourth-order valence-corrected chi connectivity index (χ4v) is 4.44. The number of rotatable bonds is 10. The molecule has 2 aliphatic heterocycles. The van der Waals surface area contributed by atoms with Crippen molar-refractivity contribution >= 4 is 17.6 Å². The van der Waals surface area contributed by atoms with E-state index in [1.807, 2.05) is 0 Å². The Labute approximate surface area is 198 Å². The number of amides is 1. The standard InChI is InChI=1S/C25H30N2O7/c28-18-4-6-20(7-5-18)33-15-17-8-10-26(11-9-17)13-19(29)16-34-23-3-1-2-22-21(23)12-24(30)27(22)14-25(31)32/h1-7,17,19,28-29H,8-16H2,(H,31,32). The number of benzene rings is 2. The van der Waals surface area contributed by atoms with Gasteiger partial charge in [-0.05, 0) is 68.2 Å². The van der Waals surface area contributed by atoms with Crippen LogP contribution < -0.4 is 14.4 Å². The summed E-state index contributed by atoms with van der Waals surface area (Å²) in [5, 5.41) is 28.9. The molecule has 9 nitrogen and oxygen atoms in total. The molecule has 34 heavy (non-hydrogen) atoms. The van der Waals surface area contributed by atoms with Crippen molar-refractivity contribution in [2.24, 2.45) is 5.92 Å². The predicted octanol–water partition coefficient (Wildman–Crippen LogP) is 1.90. The number of hydrogen-bond donors (Lipinski definition) is 3. The topological polar surface area (TPSA) is 120 Å². The van der Waals surface area contributed by atoms with E-state index in [9.17, 15) is 19.8 Å². The molecule has 1 unspecified atom stereocenters. The second-order valence-electron chi connectivity index (χ2n) is 8.82. The third-order valence-corrected chi connectivity index (χ3v) is 6.25. The summed E-state index contributed by atoms with van der Waals surface area (Å²) >= 11 is 0. The highest BCUT2D eigenvalue weighted by molar-refractivity contribution is 6.04. The van der Waals surface area contributed by atoms with Crippen LogP contribution >= 0.6 is 0 Å². The molecule has 2 heterocycles. The summed E-state index contributed by atoms with van der Waals surface area (Å²) < 4.78 is 11.6. The zero-order chi connectivity index (χ0) is 24.1. The van der Waals surface area contributed by atoms with E-state index in [4.69, 9.17) is 14.6 Å². The van der Waals surface area contributed by atoms with E-state index >= 15 is 0 Å². The van der Waals surface area contributed by atoms with Gasteiger partial charge in [-0.3, -0.25) is 9.59 Å². The highest BCUT2D eigenvalue weighted by atomic mass is 16.5. The van der Waals surface area contributed by atoms with E-state index in [2.05, 4.69) is 4.90 Å². The Hall–Kier alpha value is -3.30. The first kappa shape index (κ1) is 23.8. The maximum absolute atomic E-state index is 12.2. The number of ether oxygens (including phenoxy) is 2. The van der Waals surface area contributed by atoms with Crippen LogP contribution in [0, 0.1) is 5.92 Å². The number of anilines is 1. The zero-order valence-corrected chi connectivity index (χ0v) is 18.9. The number of carbonyl (C=O) groups excluding carboxylic acids is 1. The van der Waals surface area contributed by atoms with Crippen LogP contribution in [0.5, 0.6) is 17.2 Å². The van der Waals surface area contributed by atoms with Gasteiger partial charge in [0, 0.05) is 12.1 Å². The van der Waals surface area contributed by atoms with Crippen LogP contribution in [0.15, 0.2) is 42.5 Å². The van der Waals surface area contributed by atoms with Gasteiger partial charge < -0.3 is 34.6 Å². The van der Waals surface area contributed by atoms with E-state index in [1.165, 1.54) is 4.90 Å². The molecule has 0 aromatic heterocycles. The molecular weight excluding hydrogens is 440 g/mol. The van der Waals surface area contributed by atoms with Gasteiger partial charge in [-0.15, -0.1) is 0 Å². The lowest BCUT2D eigenvalue weighted by Crippen LogP contribution is -2.41. The summed E-state index contributed by atoms with van der Waals surface area (Å²) in [4.78, 5) is 26.7. The molecule has 2 aliphatic rings. The van der Waals surface area contributed by atoms with E-state index in [0.29, 0.717) is 36.1 Å². The Kier molecular flexibility index (Phi) is 7.54. The molecule has 1 atom stereocenters.